The van der Waals surface area contributed by atoms with Crippen LogP contribution in [0.4, 0.5) is 0 Å². The van der Waals surface area contributed by atoms with Gasteiger partial charge in [0.2, 0.25) is 0 Å². The van der Waals surface area contributed by atoms with Gasteiger partial charge >= 0.3 is 0 Å². The molecule has 0 aliphatic carbocycles. The zero-order chi connectivity index (χ0) is 11.4. The highest BCUT2D eigenvalue weighted by molar-refractivity contribution is 7.09. The first-order valence-corrected chi connectivity index (χ1v) is 6.75. The standard InChI is InChI=1S/C12H18N2OS/c1-9-14-11(8-16-9)6-12(15)3-2-10-4-5-13-7-10/h8,10,13H,2-7H2,1H3. The number of carbonyl (C=O) groups is 1. The maximum absolute atomic E-state index is 11.7. The van der Waals surface area contributed by atoms with Crippen LogP contribution in [0.2, 0.25) is 0 Å². The van der Waals surface area contributed by atoms with E-state index in [-0.39, 0.29) is 0 Å². The third-order valence-electron chi connectivity index (χ3n) is 3.04. The molecule has 1 atom stereocenters. The van der Waals surface area contributed by atoms with Crippen LogP contribution in [0.25, 0.3) is 0 Å². The highest BCUT2D eigenvalue weighted by Crippen LogP contribution is 2.16. The molecule has 16 heavy (non-hydrogen) atoms. The lowest BCUT2D eigenvalue weighted by molar-refractivity contribution is -0.118. The predicted molar refractivity (Wildman–Crippen MR) is 65.8 cm³/mol. The molecular formula is C12H18N2OS. The highest BCUT2D eigenvalue weighted by Gasteiger charge is 2.16. The van der Waals surface area contributed by atoms with Crippen LogP contribution in [0.15, 0.2) is 5.38 Å². The molecule has 1 aromatic heterocycles. The number of hydrogen-bond acceptors (Lipinski definition) is 4. The summed E-state index contributed by atoms with van der Waals surface area (Å²) < 4.78 is 0. The number of ketones is 1. The zero-order valence-electron chi connectivity index (χ0n) is 9.66. The summed E-state index contributed by atoms with van der Waals surface area (Å²) >= 11 is 1.62. The predicted octanol–water partition coefficient (Wildman–Crippen LogP) is 1.95. The number of hydrogen-bond donors (Lipinski definition) is 1. The van der Waals surface area contributed by atoms with Crippen LogP contribution in [0.3, 0.4) is 0 Å². The molecule has 0 spiro atoms. The minimum atomic E-state index is 0.331. The molecule has 1 aromatic rings. The Morgan fingerprint density at radius 1 is 1.69 bits per heavy atom. The number of thiazole rings is 1. The fourth-order valence-electron chi connectivity index (χ4n) is 2.11. The van der Waals surface area contributed by atoms with E-state index in [2.05, 4.69) is 10.3 Å². The normalized spacial score (nSPS) is 20.2. The van der Waals surface area contributed by atoms with E-state index in [1.165, 1.54) is 6.42 Å². The molecule has 0 aromatic carbocycles. The van der Waals surface area contributed by atoms with Crippen molar-refractivity contribution in [3.63, 3.8) is 0 Å². The Bertz CT molecular complexity index is 356. The Hall–Kier alpha value is -0.740. The fourth-order valence-corrected chi connectivity index (χ4v) is 2.72. The van der Waals surface area contributed by atoms with Crippen LogP contribution < -0.4 is 5.32 Å². The van der Waals surface area contributed by atoms with Gasteiger partial charge in [-0.3, -0.25) is 4.79 Å². The van der Waals surface area contributed by atoms with Gasteiger partial charge in [-0.25, -0.2) is 4.98 Å². The van der Waals surface area contributed by atoms with Crippen LogP contribution in [-0.2, 0) is 11.2 Å². The van der Waals surface area contributed by atoms with Crippen molar-refractivity contribution in [1.29, 1.82) is 0 Å². The second kappa shape index (κ2) is 5.55. The molecule has 0 amide bonds. The molecule has 1 unspecified atom stereocenters. The van der Waals surface area contributed by atoms with Crippen molar-refractivity contribution in [2.45, 2.75) is 32.6 Å². The summed E-state index contributed by atoms with van der Waals surface area (Å²) in [6.45, 7) is 4.18. The maximum Gasteiger partial charge on any atom is 0.138 e. The van der Waals surface area contributed by atoms with Crippen molar-refractivity contribution >= 4 is 17.1 Å². The molecule has 0 bridgehead atoms. The third kappa shape index (κ3) is 3.39. The summed E-state index contributed by atoms with van der Waals surface area (Å²) in [4.78, 5) is 16.0. The van der Waals surface area contributed by atoms with Crippen molar-refractivity contribution in [3.8, 4) is 0 Å². The molecule has 3 nitrogen and oxygen atoms in total. The van der Waals surface area contributed by atoms with E-state index in [1.807, 2.05) is 12.3 Å². The van der Waals surface area contributed by atoms with E-state index in [0.29, 0.717) is 24.5 Å². The molecule has 4 heteroatoms. The van der Waals surface area contributed by atoms with Gasteiger partial charge in [-0.05, 0) is 38.8 Å². The zero-order valence-corrected chi connectivity index (χ0v) is 10.5. The van der Waals surface area contributed by atoms with Gasteiger partial charge in [0.15, 0.2) is 0 Å². The average Bonchev–Trinajstić information content (AvgIpc) is 2.87. The van der Waals surface area contributed by atoms with Crippen LogP contribution in [0.1, 0.15) is 30.0 Å². The number of Topliss-reactive ketones (excluding diaryl/α,β-unsaturated/α-hetero) is 1. The maximum atomic E-state index is 11.7. The quantitative estimate of drug-likeness (QED) is 0.852. The molecule has 88 valence electrons. The van der Waals surface area contributed by atoms with Crippen LogP contribution in [-0.4, -0.2) is 23.9 Å². The Morgan fingerprint density at radius 2 is 2.56 bits per heavy atom. The molecule has 1 aliphatic heterocycles. The first kappa shape index (κ1) is 11.7. The number of aromatic nitrogens is 1. The summed E-state index contributed by atoms with van der Waals surface area (Å²) in [6.07, 6.45) is 3.49. The summed E-state index contributed by atoms with van der Waals surface area (Å²) in [7, 11) is 0. The van der Waals surface area contributed by atoms with Gasteiger partial charge in [-0.1, -0.05) is 0 Å². The Balaban J connectivity index is 1.71. The summed E-state index contributed by atoms with van der Waals surface area (Å²) in [5.41, 5.74) is 0.942. The molecule has 1 N–H and O–H groups in total. The van der Waals surface area contributed by atoms with Gasteiger partial charge in [0, 0.05) is 18.2 Å². The summed E-state index contributed by atoms with van der Waals surface area (Å²) in [5, 5.41) is 6.36. The van der Waals surface area contributed by atoms with Crippen molar-refractivity contribution in [1.82, 2.24) is 10.3 Å². The molecule has 1 aliphatic rings. The van der Waals surface area contributed by atoms with Gasteiger partial charge in [0.05, 0.1) is 10.7 Å². The minimum Gasteiger partial charge on any atom is -0.316 e. The van der Waals surface area contributed by atoms with E-state index >= 15 is 0 Å². The average molecular weight is 238 g/mol. The topological polar surface area (TPSA) is 42.0 Å². The number of carbonyl (C=O) groups excluding carboxylic acids is 1. The SMILES string of the molecule is Cc1nc(CC(=O)CCC2CCNC2)cs1. The first-order valence-electron chi connectivity index (χ1n) is 5.87. The molecule has 1 saturated heterocycles. The van der Waals surface area contributed by atoms with Gasteiger partial charge < -0.3 is 5.32 Å². The van der Waals surface area contributed by atoms with E-state index in [9.17, 15) is 4.79 Å². The van der Waals surface area contributed by atoms with Gasteiger partial charge in [-0.15, -0.1) is 11.3 Å². The lowest BCUT2D eigenvalue weighted by Crippen LogP contribution is -2.11. The largest absolute Gasteiger partial charge is 0.316 e. The smallest absolute Gasteiger partial charge is 0.138 e. The Morgan fingerprint density at radius 3 is 3.19 bits per heavy atom. The van der Waals surface area contributed by atoms with E-state index < -0.39 is 0 Å². The van der Waals surface area contributed by atoms with Crippen molar-refractivity contribution in [2.75, 3.05) is 13.1 Å². The molecule has 0 radical (unpaired) electrons. The lowest BCUT2D eigenvalue weighted by atomic mass is 9.99. The monoisotopic (exact) mass is 238 g/mol. The van der Waals surface area contributed by atoms with Crippen molar-refractivity contribution in [2.24, 2.45) is 5.92 Å². The molecule has 1 fully saturated rings. The van der Waals surface area contributed by atoms with Crippen LogP contribution in [0.5, 0.6) is 0 Å². The second-order valence-electron chi connectivity index (χ2n) is 4.47. The number of nitrogens with zero attached hydrogens (tertiary/aromatic N) is 1. The Labute approximate surface area is 100 Å². The number of rotatable bonds is 5. The fraction of sp³-hybridized carbons (Fsp3) is 0.667. The Kier molecular flexibility index (Phi) is 4.07. The summed E-state index contributed by atoms with van der Waals surface area (Å²) in [6, 6.07) is 0. The van der Waals surface area contributed by atoms with Crippen LogP contribution >= 0.6 is 11.3 Å². The lowest BCUT2D eigenvalue weighted by Gasteiger charge is -2.06. The van der Waals surface area contributed by atoms with Crippen LogP contribution in [0, 0.1) is 12.8 Å². The highest BCUT2D eigenvalue weighted by atomic mass is 32.1. The van der Waals surface area contributed by atoms with Gasteiger partial charge in [0.1, 0.15) is 5.78 Å². The van der Waals surface area contributed by atoms with Gasteiger partial charge in [0.25, 0.3) is 0 Å². The number of aryl methyl sites for hydroxylation is 1. The van der Waals surface area contributed by atoms with E-state index in [0.717, 1.165) is 30.2 Å². The van der Waals surface area contributed by atoms with E-state index in [1.54, 1.807) is 11.3 Å². The third-order valence-corrected chi connectivity index (χ3v) is 3.86. The van der Waals surface area contributed by atoms with Crippen molar-refractivity contribution in [3.05, 3.63) is 16.1 Å². The molecule has 2 heterocycles. The summed E-state index contributed by atoms with van der Waals surface area (Å²) in [5.74, 6) is 1.04. The van der Waals surface area contributed by atoms with E-state index in [4.69, 9.17) is 0 Å². The van der Waals surface area contributed by atoms with Crippen molar-refractivity contribution < 1.29 is 4.79 Å². The second-order valence-corrected chi connectivity index (χ2v) is 5.53. The first-order chi connectivity index (χ1) is 7.74. The molecule has 0 saturated carbocycles. The number of nitrogens with one attached hydrogen (secondary N) is 1. The molecule has 2 rings (SSSR count). The van der Waals surface area contributed by atoms with Gasteiger partial charge in [-0.2, -0.15) is 0 Å². The molecular weight excluding hydrogens is 220 g/mol. The minimum absolute atomic E-state index is 0.331.